The molecule has 1 N–H and O–H groups in total. The Morgan fingerprint density at radius 3 is 2.29 bits per heavy atom. The molecule has 0 aliphatic carbocycles. The monoisotopic (exact) mass is 395 g/mol. The third-order valence-corrected chi connectivity index (χ3v) is 4.63. The van der Waals surface area contributed by atoms with Crippen LogP contribution in [0.25, 0.3) is 0 Å². The van der Waals surface area contributed by atoms with Crippen LogP contribution in [0.2, 0.25) is 5.02 Å². The molecule has 0 bridgehead atoms. The van der Waals surface area contributed by atoms with E-state index in [2.05, 4.69) is 41.7 Å². The lowest BCUT2D eigenvalue weighted by Gasteiger charge is -2.14. The minimum Gasteiger partial charge on any atom is -0.490 e. The topological polar surface area (TPSA) is 30.5 Å². The van der Waals surface area contributed by atoms with Crippen LogP contribution in [0.15, 0.2) is 72.8 Å². The Balaban J connectivity index is 1.54. The van der Waals surface area contributed by atoms with Crippen LogP contribution in [0.5, 0.6) is 11.5 Å². The maximum atomic E-state index is 5.97. The normalized spacial score (nSPS) is 10.6. The molecule has 0 spiro atoms. The van der Waals surface area contributed by atoms with Gasteiger partial charge in [-0.1, -0.05) is 60.1 Å². The third-order valence-electron chi connectivity index (χ3n) is 4.38. The highest BCUT2D eigenvalue weighted by Gasteiger charge is 2.07. The van der Waals surface area contributed by atoms with Crippen LogP contribution >= 0.6 is 11.6 Å². The zero-order valence-corrected chi connectivity index (χ0v) is 16.9. The lowest BCUT2D eigenvalue weighted by Crippen LogP contribution is -2.16. The average Bonchev–Trinajstić information content (AvgIpc) is 2.73. The maximum absolute atomic E-state index is 5.97. The lowest BCUT2D eigenvalue weighted by molar-refractivity contribution is 0.269. The molecule has 0 radical (unpaired) electrons. The van der Waals surface area contributed by atoms with Crippen molar-refractivity contribution in [1.29, 1.82) is 0 Å². The Labute approximate surface area is 172 Å². The van der Waals surface area contributed by atoms with E-state index in [-0.39, 0.29) is 0 Å². The second-order valence-electron chi connectivity index (χ2n) is 6.54. The summed E-state index contributed by atoms with van der Waals surface area (Å²) in [6.07, 6.45) is 1.02. The van der Waals surface area contributed by atoms with Crippen LogP contribution in [0.1, 0.15) is 23.6 Å². The Bertz CT molecular complexity index is 850. The van der Waals surface area contributed by atoms with Crippen molar-refractivity contribution in [3.8, 4) is 11.5 Å². The Hall–Kier alpha value is -2.49. The molecule has 0 aliphatic rings. The predicted molar refractivity (Wildman–Crippen MR) is 115 cm³/mol. The quantitative estimate of drug-likeness (QED) is 0.450. The fourth-order valence-corrected chi connectivity index (χ4v) is 3.03. The van der Waals surface area contributed by atoms with Crippen molar-refractivity contribution in [2.45, 2.75) is 26.5 Å². The first-order chi connectivity index (χ1) is 13.7. The number of hydrogen-bond acceptors (Lipinski definition) is 3. The summed E-state index contributed by atoms with van der Waals surface area (Å²) in [5, 5.41) is 4.22. The van der Waals surface area contributed by atoms with Crippen LogP contribution < -0.4 is 14.8 Å². The van der Waals surface area contributed by atoms with Gasteiger partial charge < -0.3 is 14.8 Å². The summed E-state index contributed by atoms with van der Waals surface area (Å²) in [6, 6.07) is 24.3. The van der Waals surface area contributed by atoms with E-state index in [0.717, 1.165) is 41.6 Å². The molecular weight excluding hydrogens is 370 g/mol. The van der Waals surface area contributed by atoms with Gasteiger partial charge in [-0.15, -0.1) is 0 Å². The number of benzene rings is 3. The summed E-state index contributed by atoms with van der Waals surface area (Å²) in [4.78, 5) is 0. The van der Waals surface area contributed by atoms with Crippen LogP contribution in [0, 0.1) is 0 Å². The summed E-state index contributed by atoms with van der Waals surface area (Å²) in [6.45, 7) is 4.79. The van der Waals surface area contributed by atoms with Crippen molar-refractivity contribution >= 4 is 11.6 Å². The molecule has 0 saturated heterocycles. The van der Waals surface area contributed by atoms with Gasteiger partial charge in [-0.05, 0) is 60.8 Å². The summed E-state index contributed by atoms with van der Waals surface area (Å²) < 4.78 is 11.8. The molecule has 3 aromatic carbocycles. The maximum Gasteiger partial charge on any atom is 0.161 e. The van der Waals surface area contributed by atoms with E-state index in [1.807, 2.05) is 43.3 Å². The predicted octanol–water partition coefficient (Wildman–Crippen LogP) is 5.65. The molecule has 4 heteroatoms. The molecule has 0 unspecified atom stereocenters. The molecule has 0 atom stereocenters. The average molecular weight is 396 g/mol. The molecule has 146 valence electrons. The number of hydrogen-bond donors (Lipinski definition) is 1. The van der Waals surface area contributed by atoms with Gasteiger partial charge in [0.2, 0.25) is 0 Å². The van der Waals surface area contributed by atoms with Crippen LogP contribution in [0.3, 0.4) is 0 Å². The molecule has 28 heavy (non-hydrogen) atoms. The molecule has 3 nitrogen and oxygen atoms in total. The first kappa shape index (κ1) is 20.2. The minimum atomic E-state index is 0.478. The van der Waals surface area contributed by atoms with E-state index in [4.69, 9.17) is 21.1 Å². The Morgan fingerprint density at radius 1 is 0.786 bits per heavy atom. The van der Waals surface area contributed by atoms with Gasteiger partial charge in [0.15, 0.2) is 11.5 Å². The molecule has 0 heterocycles. The summed E-state index contributed by atoms with van der Waals surface area (Å²) in [5.74, 6) is 1.53. The van der Waals surface area contributed by atoms with E-state index in [9.17, 15) is 0 Å². The SMILES string of the molecule is CCOc1cc(CNCCc2ccccc2)ccc1OCc1ccc(Cl)cc1. The number of ether oxygens (including phenoxy) is 2. The fourth-order valence-electron chi connectivity index (χ4n) is 2.90. The molecule has 3 aromatic rings. The largest absolute Gasteiger partial charge is 0.490 e. The van der Waals surface area contributed by atoms with E-state index in [1.54, 1.807) is 0 Å². The van der Waals surface area contributed by atoms with Crippen LogP contribution in [0.4, 0.5) is 0 Å². The molecular formula is C24H26ClNO2. The molecule has 3 rings (SSSR count). The fraction of sp³-hybridized carbons (Fsp3) is 0.250. The molecule has 0 aliphatic heterocycles. The summed E-state index contributed by atoms with van der Waals surface area (Å²) in [7, 11) is 0. The first-order valence-corrected chi connectivity index (χ1v) is 10.00. The highest BCUT2D eigenvalue weighted by Crippen LogP contribution is 2.29. The van der Waals surface area contributed by atoms with E-state index >= 15 is 0 Å². The van der Waals surface area contributed by atoms with Crippen molar-refractivity contribution in [1.82, 2.24) is 5.32 Å². The van der Waals surface area contributed by atoms with Crippen LogP contribution in [-0.2, 0) is 19.6 Å². The van der Waals surface area contributed by atoms with Crippen molar-refractivity contribution in [3.05, 3.63) is 94.5 Å². The van der Waals surface area contributed by atoms with Crippen LogP contribution in [-0.4, -0.2) is 13.2 Å². The smallest absolute Gasteiger partial charge is 0.161 e. The van der Waals surface area contributed by atoms with E-state index < -0.39 is 0 Å². The first-order valence-electron chi connectivity index (χ1n) is 9.62. The second-order valence-corrected chi connectivity index (χ2v) is 6.98. The highest BCUT2D eigenvalue weighted by atomic mass is 35.5. The van der Waals surface area contributed by atoms with Crippen molar-refractivity contribution in [2.75, 3.05) is 13.2 Å². The Kier molecular flexibility index (Phi) is 7.77. The second kappa shape index (κ2) is 10.7. The van der Waals surface area contributed by atoms with Gasteiger partial charge in [-0.2, -0.15) is 0 Å². The zero-order chi connectivity index (χ0) is 19.6. The molecule has 0 fully saturated rings. The van der Waals surface area contributed by atoms with Gasteiger partial charge in [0.05, 0.1) is 6.61 Å². The third kappa shape index (κ3) is 6.29. The number of halogens is 1. The Morgan fingerprint density at radius 2 is 1.54 bits per heavy atom. The van der Waals surface area contributed by atoms with Gasteiger partial charge >= 0.3 is 0 Å². The number of nitrogens with one attached hydrogen (secondary N) is 1. The van der Waals surface area contributed by atoms with Crippen molar-refractivity contribution in [3.63, 3.8) is 0 Å². The van der Waals surface area contributed by atoms with Gasteiger partial charge in [0.1, 0.15) is 6.61 Å². The van der Waals surface area contributed by atoms with Gasteiger partial charge in [0, 0.05) is 11.6 Å². The zero-order valence-electron chi connectivity index (χ0n) is 16.2. The highest BCUT2D eigenvalue weighted by molar-refractivity contribution is 6.30. The minimum absolute atomic E-state index is 0.478. The van der Waals surface area contributed by atoms with Gasteiger partial charge in [-0.3, -0.25) is 0 Å². The van der Waals surface area contributed by atoms with Crippen molar-refractivity contribution in [2.24, 2.45) is 0 Å². The number of rotatable bonds is 10. The lowest BCUT2D eigenvalue weighted by atomic mass is 10.1. The van der Waals surface area contributed by atoms with E-state index in [1.165, 1.54) is 11.1 Å². The summed E-state index contributed by atoms with van der Waals surface area (Å²) in [5.41, 5.74) is 3.59. The van der Waals surface area contributed by atoms with E-state index in [0.29, 0.717) is 13.2 Å². The van der Waals surface area contributed by atoms with Crippen molar-refractivity contribution < 1.29 is 9.47 Å². The molecule has 0 saturated carbocycles. The molecule has 0 aromatic heterocycles. The molecule has 0 amide bonds. The van der Waals surface area contributed by atoms with Gasteiger partial charge in [-0.25, -0.2) is 0 Å². The summed E-state index contributed by atoms with van der Waals surface area (Å²) >= 11 is 5.93. The standard InChI is InChI=1S/C24H26ClNO2/c1-2-27-24-16-21(17-26-15-14-19-6-4-3-5-7-19)10-13-23(24)28-18-20-8-11-22(25)12-9-20/h3-13,16,26H,2,14-15,17-18H2,1H3. The van der Waals surface area contributed by atoms with Gasteiger partial charge in [0.25, 0.3) is 0 Å².